The molecule has 1 aromatic carbocycles. The Morgan fingerprint density at radius 3 is 2.50 bits per heavy atom. The zero-order valence-corrected chi connectivity index (χ0v) is 16.6. The predicted octanol–water partition coefficient (Wildman–Crippen LogP) is 2.85. The Morgan fingerprint density at radius 2 is 1.79 bits per heavy atom. The maximum atomic E-state index is 12.5. The Hall–Kier alpha value is -2.83. The molecule has 1 aliphatic heterocycles. The van der Waals surface area contributed by atoms with Gasteiger partial charge < -0.3 is 19.7 Å². The molecule has 0 bridgehead atoms. The van der Waals surface area contributed by atoms with Gasteiger partial charge in [0.05, 0.1) is 14.2 Å². The minimum Gasteiger partial charge on any atom is -0.493 e. The van der Waals surface area contributed by atoms with Gasteiger partial charge in [0.15, 0.2) is 11.5 Å². The van der Waals surface area contributed by atoms with Gasteiger partial charge in [-0.2, -0.15) is 0 Å². The minimum absolute atomic E-state index is 0.182. The van der Waals surface area contributed by atoms with Crippen molar-refractivity contribution in [1.82, 2.24) is 15.3 Å². The van der Waals surface area contributed by atoms with Crippen molar-refractivity contribution in [3.8, 4) is 11.5 Å². The number of ether oxygens (including phenoxy) is 2. The van der Waals surface area contributed by atoms with E-state index >= 15 is 0 Å². The zero-order valence-electron chi connectivity index (χ0n) is 16.6. The molecule has 0 saturated carbocycles. The van der Waals surface area contributed by atoms with Crippen molar-refractivity contribution >= 4 is 11.7 Å². The summed E-state index contributed by atoms with van der Waals surface area (Å²) in [5, 5.41) is 2.94. The Bertz CT molecular complexity index is 789. The van der Waals surface area contributed by atoms with Crippen LogP contribution in [0.25, 0.3) is 0 Å². The first-order valence-electron chi connectivity index (χ1n) is 9.77. The van der Waals surface area contributed by atoms with E-state index in [0.717, 1.165) is 37.3 Å². The molecule has 2 heterocycles. The molecular formula is C21H28N4O3. The molecule has 1 N–H and O–H groups in total. The molecule has 1 amide bonds. The number of benzene rings is 1. The number of methoxy groups -OCH3 is 2. The molecular weight excluding hydrogens is 356 g/mol. The van der Waals surface area contributed by atoms with Gasteiger partial charge in [0.2, 0.25) is 0 Å². The number of aromatic nitrogens is 2. The van der Waals surface area contributed by atoms with E-state index in [2.05, 4.69) is 20.2 Å². The third-order valence-corrected chi connectivity index (χ3v) is 4.96. The first kappa shape index (κ1) is 19.9. The maximum absolute atomic E-state index is 12.5. The lowest BCUT2D eigenvalue weighted by Gasteiger charge is -2.21. The van der Waals surface area contributed by atoms with E-state index in [1.807, 2.05) is 18.2 Å². The number of amides is 1. The molecule has 0 radical (unpaired) electrons. The topological polar surface area (TPSA) is 76.6 Å². The Balaban J connectivity index is 1.57. The van der Waals surface area contributed by atoms with Gasteiger partial charge in [-0.15, -0.1) is 0 Å². The number of nitrogens with one attached hydrogen (secondary N) is 1. The molecule has 0 aliphatic carbocycles. The van der Waals surface area contributed by atoms with Crippen molar-refractivity contribution in [3.05, 3.63) is 41.9 Å². The third kappa shape index (κ3) is 5.12. The van der Waals surface area contributed by atoms with Gasteiger partial charge in [-0.05, 0) is 37.0 Å². The second-order valence-electron chi connectivity index (χ2n) is 6.86. The molecule has 0 spiro atoms. The van der Waals surface area contributed by atoms with Gasteiger partial charge in [-0.1, -0.05) is 18.9 Å². The average Bonchev–Trinajstić information content (AvgIpc) is 3.03. The largest absolute Gasteiger partial charge is 0.493 e. The van der Waals surface area contributed by atoms with E-state index in [1.54, 1.807) is 20.3 Å². The van der Waals surface area contributed by atoms with Gasteiger partial charge in [0, 0.05) is 25.7 Å². The highest BCUT2D eigenvalue weighted by molar-refractivity contribution is 5.92. The number of hydrogen-bond donors (Lipinski definition) is 1. The van der Waals surface area contributed by atoms with Crippen LogP contribution in [0.4, 0.5) is 5.82 Å². The summed E-state index contributed by atoms with van der Waals surface area (Å²) in [6, 6.07) is 7.55. The predicted molar refractivity (Wildman–Crippen MR) is 108 cm³/mol. The second kappa shape index (κ2) is 9.92. The molecule has 1 aliphatic rings. The molecule has 2 aromatic rings. The molecule has 150 valence electrons. The number of hydrogen-bond acceptors (Lipinski definition) is 6. The Morgan fingerprint density at radius 1 is 1.04 bits per heavy atom. The summed E-state index contributed by atoms with van der Waals surface area (Å²) in [5.41, 5.74) is 1.47. The summed E-state index contributed by atoms with van der Waals surface area (Å²) in [6.45, 7) is 2.48. The fraction of sp³-hybridized carbons (Fsp3) is 0.476. The molecule has 7 heteroatoms. The average molecular weight is 384 g/mol. The lowest BCUT2D eigenvalue weighted by molar-refractivity contribution is 0.0949. The SMILES string of the molecule is COc1ccc(CCNC(=O)c2cc(N3CCCCCC3)ncn2)cc1OC. The lowest BCUT2D eigenvalue weighted by Crippen LogP contribution is -2.28. The smallest absolute Gasteiger partial charge is 0.270 e. The van der Waals surface area contributed by atoms with E-state index in [1.165, 1.54) is 19.2 Å². The minimum atomic E-state index is -0.182. The van der Waals surface area contributed by atoms with E-state index < -0.39 is 0 Å². The molecule has 0 unspecified atom stereocenters. The Kier molecular flexibility index (Phi) is 7.06. The quantitative estimate of drug-likeness (QED) is 0.791. The fourth-order valence-corrected chi connectivity index (χ4v) is 3.39. The fourth-order valence-electron chi connectivity index (χ4n) is 3.39. The maximum Gasteiger partial charge on any atom is 0.270 e. The van der Waals surface area contributed by atoms with Crippen molar-refractivity contribution < 1.29 is 14.3 Å². The molecule has 3 rings (SSSR count). The third-order valence-electron chi connectivity index (χ3n) is 4.96. The molecule has 7 nitrogen and oxygen atoms in total. The van der Waals surface area contributed by atoms with Crippen LogP contribution in [0.2, 0.25) is 0 Å². The van der Waals surface area contributed by atoms with Crippen LogP contribution in [0.1, 0.15) is 41.7 Å². The number of rotatable bonds is 7. The van der Waals surface area contributed by atoms with Crippen LogP contribution < -0.4 is 19.7 Å². The molecule has 0 atom stereocenters. The van der Waals surface area contributed by atoms with E-state index in [4.69, 9.17) is 9.47 Å². The van der Waals surface area contributed by atoms with Crippen LogP contribution in [0.3, 0.4) is 0 Å². The zero-order chi connectivity index (χ0) is 19.8. The van der Waals surface area contributed by atoms with Crippen LogP contribution >= 0.6 is 0 Å². The van der Waals surface area contributed by atoms with Crippen LogP contribution in [0, 0.1) is 0 Å². The summed E-state index contributed by atoms with van der Waals surface area (Å²) in [6.07, 6.45) is 7.00. The highest BCUT2D eigenvalue weighted by Crippen LogP contribution is 2.27. The van der Waals surface area contributed by atoms with Crippen molar-refractivity contribution in [3.63, 3.8) is 0 Å². The van der Waals surface area contributed by atoms with E-state index in [9.17, 15) is 4.79 Å². The molecule has 1 saturated heterocycles. The van der Waals surface area contributed by atoms with Gasteiger partial charge >= 0.3 is 0 Å². The summed E-state index contributed by atoms with van der Waals surface area (Å²) in [7, 11) is 3.22. The van der Waals surface area contributed by atoms with Gasteiger partial charge in [0.1, 0.15) is 17.8 Å². The second-order valence-corrected chi connectivity index (χ2v) is 6.86. The summed E-state index contributed by atoms with van der Waals surface area (Å²) in [5.74, 6) is 2.03. The summed E-state index contributed by atoms with van der Waals surface area (Å²) in [4.78, 5) is 23.2. The molecule has 1 aromatic heterocycles. The van der Waals surface area contributed by atoms with Crippen molar-refractivity contribution in [2.75, 3.05) is 38.8 Å². The number of carbonyl (C=O) groups is 1. The standard InChI is InChI=1S/C21H28N4O3/c1-27-18-8-7-16(13-19(18)28-2)9-10-22-21(26)17-14-20(24-15-23-17)25-11-5-3-4-6-12-25/h7-8,13-15H,3-6,9-12H2,1-2H3,(H,22,26). The number of anilines is 1. The van der Waals surface area contributed by atoms with Crippen LogP contribution in [-0.4, -0.2) is 49.7 Å². The van der Waals surface area contributed by atoms with Gasteiger partial charge in [0.25, 0.3) is 5.91 Å². The summed E-state index contributed by atoms with van der Waals surface area (Å²) >= 11 is 0. The van der Waals surface area contributed by atoms with Crippen LogP contribution in [-0.2, 0) is 6.42 Å². The number of nitrogens with zero attached hydrogens (tertiary/aromatic N) is 3. The highest BCUT2D eigenvalue weighted by Gasteiger charge is 2.14. The Labute approximate surface area is 166 Å². The lowest BCUT2D eigenvalue weighted by atomic mass is 10.1. The summed E-state index contributed by atoms with van der Waals surface area (Å²) < 4.78 is 10.6. The van der Waals surface area contributed by atoms with E-state index in [-0.39, 0.29) is 5.91 Å². The normalized spacial score (nSPS) is 14.3. The molecule has 1 fully saturated rings. The van der Waals surface area contributed by atoms with E-state index in [0.29, 0.717) is 30.2 Å². The first-order valence-corrected chi connectivity index (χ1v) is 9.77. The monoisotopic (exact) mass is 384 g/mol. The van der Waals surface area contributed by atoms with Gasteiger partial charge in [-0.3, -0.25) is 4.79 Å². The van der Waals surface area contributed by atoms with Crippen molar-refractivity contribution in [2.24, 2.45) is 0 Å². The van der Waals surface area contributed by atoms with Crippen LogP contribution in [0.5, 0.6) is 11.5 Å². The highest BCUT2D eigenvalue weighted by atomic mass is 16.5. The van der Waals surface area contributed by atoms with Crippen molar-refractivity contribution in [2.45, 2.75) is 32.1 Å². The molecule has 28 heavy (non-hydrogen) atoms. The van der Waals surface area contributed by atoms with Gasteiger partial charge in [-0.25, -0.2) is 9.97 Å². The number of carbonyl (C=O) groups excluding carboxylic acids is 1. The first-order chi connectivity index (χ1) is 13.7. The van der Waals surface area contributed by atoms with Crippen LogP contribution in [0.15, 0.2) is 30.6 Å². The van der Waals surface area contributed by atoms with Crippen molar-refractivity contribution in [1.29, 1.82) is 0 Å².